The van der Waals surface area contributed by atoms with E-state index in [9.17, 15) is 0 Å². The molecule has 0 aliphatic carbocycles. The van der Waals surface area contributed by atoms with E-state index >= 15 is 0 Å². The maximum absolute atomic E-state index is 6.07. The van der Waals surface area contributed by atoms with Crippen LogP contribution >= 0.6 is 0 Å². The second-order valence-corrected chi connectivity index (χ2v) is 4.97. The zero-order valence-electron chi connectivity index (χ0n) is 11.8. The Morgan fingerprint density at radius 2 is 2.00 bits per heavy atom. The van der Waals surface area contributed by atoms with Gasteiger partial charge in [0, 0.05) is 13.1 Å². The van der Waals surface area contributed by atoms with Crippen LogP contribution in [0.2, 0.25) is 0 Å². The minimum atomic E-state index is 0.366. The fraction of sp³-hybridized carbons (Fsp3) is 0.692. The number of hydrogen-bond acceptors (Lipinski definition) is 3. The first-order valence-electron chi connectivity index (χ1n) is 6.79. The molecule has 0 radical (unpaired) electrons. The molecule has 0 spiro atoms. The highest BCUT2D eigenvalue weighted by molar-refractivity contribution is 5.78. The minimum Gasteiger partial charge on any atom is -0.369 e. The Hall–Kier alpha value is -1.52. The van der Waals surface area contributed by atoms with Crippen LogP contribution in [0.15, 0.2) is 0 Å². The molecule has 2 aromatic heterocycles. The molecule has 0 saturated heterocycles. The van der Waals surface area contributed by atoms with Crippen LogP contribution in [0.4, 0.5) is 5.95 Å². The summed E-state index contributed by atoms with van der Waals surface area (Å²) in [6.45, 7) is 6.53. The van der Waals surface area contributed by atoms with Crippen LogP contribution in [0.5, 0.6) is 0 Å². The van der Waals surface area contributed by atoms with E-state index in [1.54, 1.807) is 0 Å². The molecule has 18 heavy (non-hydrogen) atoms. The molecule has 0 saturated carbocycles. The maximum Gasteiger partial charge on any atom is 0.202 e. The van der Waals surface area contributed by atoms with Gasteiger partial charge in [-0.05, 0) is 19.8 Å². The Kier molecular flexibility index (Phi) is 3.59. The lowest BCUT2D eigenvalue weighted by atomic mass is 10.2. The quantitative estimate of drug-likeness (QED) is 0.886. The molecule has 2 heterocycles. The van der Waals surface area contributed by atoms with E-state index in [1.165, 1.54) is 0 Å². The molecule has 0 fully saturated rings. The highest BCUT2D eigenvalue weighted by atomic mass is 15.4. The number of anilines is 1. The van der Waals surface area contributed by atoms with Crippen molar-refractivity contribution in [3.05, 3.63) is 5.69 Å². The molecule has 0 aliphatic rings. The van der Waals surface area contributed by atoms with Crippen molar-refractivity contribution in [3.63, 3.8) is 0 Å². The molecule has 5 nitrogen and oxygen atoms in total. The number of aryl methyl sites for hydroxylation is 2. The summed E-state index contributed by atoms with van der Waals surface area (Å²) in [5.74, 6) is 0.608. The molecule has 1 unspecified atom stereocenters. The van der Waals surface area contributed by atoms with Crippen molar-refractivity contribution >= 4 is 17.1 Å². The number of aromatic nitrogens is 4. The van der Waals surface area contributed by atoms with E-state index in [0.29, 0.717) is 12.0 Å². The fourth-order valence-electron chi connectivity index (χ4n) is 2.61. The number of rotatable bonds is 5. The smallest absolute Gasteiger partial charge is 0.202 e. The largest absolute Gasteiger partial charge is 0.369 e. The van der Waals surface area contributed by atoms with Gasteiger partial charge in [-0.25, -0.2) is 4.98 Å². The lowest BCUT2D eigenvalue weighted by Crippen LogP contribution is -2.11. The monoisotopic (exact) mass is 249 g/mol. The average Bonchev–Trinajstić information content (AvgIpc) is 2.78. The summed E-state index contributed by atoms with van der Waals surface area (Å²) < 4.78 is 4.03. The third-order valence-electron chi connectivity index (χ3n) is 3.40. The second kappa shape index (κ2) is 5.00. The van der Waals surface area contributed by atoms with Crippen molar-refractivity contribution in [2.45, 2.75) is 52.5 Å². The molecule has 2 aromatic rings. The lowest BCUT2D eigenvalue weighted by molar-refractivity contribution is 0.508. The van der Waals surface area contributed by atoms with Crippen LogP contribution in [-0.4, -0.2) is 19.3 Å². The van der Waals surface area contributed by atoms with E-state index in [4.69, 9.17) is 5.73 Å². The average molecular weight is 249 g/mol. The Balaban J connectivity index is 2.56. The van der Waals surface area contributed by atoms with Crippen molar-refractivity contribution in [3.8, 4) is 0 Å². The first kappa shape index (κ1) is 12.9. The summed E-state index contributed by atoms with van der Waals surface area (Å²) >= 11 is 0. The SMILES string of the molecule is CCCc1nn(C)c2c1nc(N)n2C(C)CCC. The van der Waals surface area contributed by atoms with Crippen LogP contribution < -0.4 is 5.73 Å². The van der Waals surface area contributed by atoms with Gasteiger partial charge in [-0.15, -0.1) is 0 Å². The van der Waals surface area contributed by atoms with Crippen molar-refractivity contribution in [2.75, 3.05) is 5.73 Å². The van der Waals surface area contributed by atoms with Crippen molar-refractivity contribution < 1.29 is 0 Å². The van der Waals surface area contributed by atoms with E-state index < -0.39 is 0 Å². The Labute approximate surface area is 108 Å². The predicted molar refractivity (Wildman–Crippen MR) is 74.5 cm³/mol. The Bertz CT molecular complexity index is 537. The number of nitrogens with zero attached hydrogens (tertiary/aromatic N) is 4. The number of fused-ring (bicyclic) bond motifs is 1. The molecule has 100 valence electrons. The third-order valence-corrected chi connectivity index (χ3v) is 3.40. The first-order chi connectivity index (χ1) is 8.60. The summed E-state index contributed by atoms with van der Waals surface area (Å²) in [5.41, 5.74) is 9.16. The van der Waals surface area contributed by atoms with E-state index in [1.807, 2.05) is 11.7 Å². The van der Waals surface area contributed by atoms with Crippen molar-refractivity contribution in [2.24, 2.45) is 7.05 Å². The molecule has 0 aliphatic heterocycles. The molecular formula is C13H23N5. The second-order valence-electron chi connectivity index (χ2n) is 4.97. The van der Waals surface area contributed by atoms with Gasteiger partial charge in [0.25, 0.3) is 0 Å². The summed E-state index contributed by atoms with van der Waals surface area (Å²) in [6.07, 6.45) is 4.27. The molecule has 0 amide bonds. The molecule has 1 atom stereocenters. The van der Waals surface area contributed by atoms with E-state index in [2.05, 4.69) is 35.4 Å². The van der Waals surface area contributed by atoms with Crippen LogP contribution in [0.1, 0.15) is 51.8 Å². The highest BCUT2D eigenvalue weighted by Gasteiger charge is 2.20. The van der Waals surface area contributed by atoms with Gasteiger partial charge in [-0.3, -0.25) is 9.25 Å². The predicted octanol–water partition coefficient (Wildman–Crippen LogP) is 2.67. The van der Waals surface area contributed by atoms with Crippen LogP contribution in [-0.2, 0) is 13.5 Å². The normalized spacial score (nSPS) is 13.3. The first-order valence-corrected chi connectivity index (χ1v) is 6.79. The maximum atomic E-state index is 6.07. The molecule has 2 rings (SSSR count). The van der Waals surface area contributed by atoms with Gasteiger partial charge in [0.15, 0.2) is 5.65 Å². The van der Waals surface area contributed by atoms with Gasteiger partial charge in [-0.2, -0.15) is 5.10 Å². The molecule has 0 aromatic carbocycles. The molecule has 5 heteroatoms. The highest BCUT2D eigenvalue weighted by Crippen LogP contribution is 2.27. The zero-order valence-corrected chi connectivity index (χ0v) is 11.8. The van der Waals surface area contributed by atoms with Crippen LogP contribution in [0.25, 0.3) is 11.2 Å². The van der Waals surface area contributed by atoms with Gasteiger partial charge in [0.1, 0.15) is 5.52 Å². The van der Waals surface area contributed by atoms with E-state index in [0.717, 1.165) is 42.5 Å². The van der Waals surface area contributed by atoms with Crippen molar-refractivity contribution in [1.29, 1.82) is 0 Å². The van der Waals surface area contributed by atoms with Gasteiger partial charge in [0.05, 0.1) is 5.69 Å². The van der Waals surface area contributed by atoms with Gasteiger partial charge in [0.2, 0.25) is 5.95 Å². The lowest BCUT2D eigenvalue weighted by Gasteiger charge is -2.14. The summed E-state index contributed by atoms with van der Waals surface area (Å²) in [4.78, 5) is 4.51. The van der Waals surface area contributed by atoms with E-state index in [-0.39, 0.29) is 0 Å². The summed E-state index contributed by atoms with van der Waals surface area (Å²) in [6, 6.07) is 0.366. The minimum absolute atomic E-state index is 0.366. The van der Waals surface area contributed by atoms with Crippen LogP contribution in [0, 0.1) is 0 Å². The summed E-state index contributed by atoms with van der Waals surface area (Å²) in [7, 11) is 1.97. The number of hydrogen-bond donors (Lipinski definition) is 1. The number of imidazole rings is 1. The van der Waals surface area contributed by atoms with Crippen molar-refractivity contribution in [1.82, 2.24) is 19.3 Å². The Morgan fingerprint density at radius 1 is 1.28 bits per heavy atom. The molecule has 0 bridgehead atoms. The Morgan fingerprint density at radius 3 is 2.61 bits per heavy atom. The van der Waals surface area contributed by atoms with Gasteiger partial charge in [-0.1, -0.05) is 26.7 Å². The number of nitrogens with two attached hydrogens (primary N) is 1. The molecular weight excluding hydrogens is 226 g/mol. The number of nitrogen functional groups attached to an aromatic ring is 1. The summed E-state index contributed by atoms with van der Waals surface area (Å²) in [5, 5.41) is 4.56. The fourth-order valence-corrected chi connectivity index (χ4v) is 2.61. The standard InChI is InChI=1S/C13H23N5/c1-5-7-9(3)18-12-11(15-13(18)14)10(8-6-2)16-17(12)4/h9H,5-8H2,1-4H3,(H2,14,15). The van der Waals surface area contributed by atoms with Gasteiger partial charge < -0.3 is 5.73 Å². The topological polar surface area (TPSA) is 61.7 Å². The third kappa shape index (κ3) is 1.98. The van der Waals surface area contributed by atoms with Gasteiger partial charge >= 0.3 is 0 Å². The molecule has 2 N–H and O–H groups in total. The van der Waals surface area contributed by atoms with Crippen LogP contribution in [0.3, 0.4) is 0 Å². The zero-order chi connectivity index (χ0) is 13.3.